The quantitative estimate of drug-likeness (QED) is 0.391. The summed E-state index contributed by atoms with van der Waals surface area (Å²) >= 11 is 1.72. The van der Waals surface area contributed by atoms with Crippen molar-refractivity contribution in [2.24, 2.45) is 10.9 Å². The minimum absolute atomic E-state index is 0. The number of nitrogens with zero attached hydrogens (tertiary/aromatic N) is 3. The van der Waals surface area contributed by atoms with Gasteiger partial charge in [0.05, 0.1) is 22.1 Å². The first-order valence-electron chi connectivity index (χ1n) is 8.26. The van der Waals surface area contributed by atoms with Gasteiger partial charge in [0.15, 0.2) is 15.8 Å². The maximum Gasteiger partial charge on any atom is 0.194 e. The van der Waals surface area contributed by atoms with Crippen molar-refractivity contribution in [1.82, 2.24) is 15.2 Å². The third-order valence-corrected chi connectivity index (χ3v) is 7.71. The molecule has 144 valence electrons. The van der Waals surface area contributed by atoms with E-state index in [1.807, 2.05) is 11.1 Å². The summed E-state index contributed by atoms with van der Waals surface area (Å²) in [6, 6.07) is 0. The third kappa shape index (κ3) is 5.78. The van der Waals surface area contributed by atoms with Crippen molar-refractivity contribution in [3.8, 4) is 0 Å². The molecule has 0 spiro atoms. The van der Waals surface area contributed by atoms with Crippen molar-refractivity contribution >= 4 is 51.1 Å². The summed E-state index contributed by atoms with van der Waals surface area (Å²) in [5, 5.41) is 4.49. The number of sulfone groups is 1. The van der Waals surface area contributed by atoms with Crippen molar-refractivity contribution in [2.75, 3.05) is 25.9 Å². The Morgan fingerprint density at radius 1 is 1.48 bits per heavy atom. The number of aromatic nitrogens is 1. The predicted octanol–water partition coefficient (Wildman–Crippen LogP) is 2.54. The normalized spacial score (nSPS) is 19.6. The van der Waals surface area contributed by atoms with Gasteiger partial charge in [-0.25, -0.2) is 13.4 Å². The molecule has 6 nitrogen and oxygen atoms in total. The van der Waals surface area contributed by atoms with Crippen molar-refractivity contribution in [3.05, 3.63) is 16.1 Å². The molecular weight excluding hydrogens is 471 g/mol. The molecule has 0 aromatic carbocycles. The van der Waals surface area contributed by atoms with Crippen LogP contribution in [0.4, 0.5) is 0 Å². The average Bonchev–Trinajstić information content (AvgIpc) is 2.90. The first kappa shape index (κ1) is 22.6. The van der Waals surface area contributed by atoms with Crippen molar-refractivity contribution in [1.29, 1.82) is 0 Å². The van der Waals surface area contributed by atoms with Crippen LogP contribution in [0.3, 0.4) is 0 Å². The van der Waals surface area contributed by atoms with E-state index < -0.39 is 14.6 Å². The Morgan fingerprint density at radius 2 is 2.16 bits per heavy atom. The van der Waals surface area contributed by atoms with Crippen LogP contribution < -0.4 is 5.32 Å². The molecule has 2 heterocycles. The highest BCUT2D eigenvalue weighted by Crippen LogP contribution is 2.24. The largest absolute Gasteiger partial charge is 0.351 e. The minimum Gasteiger partial charge on any atom is -0.351 e. The summed E-state index contributed by atoms with van der Waals surface area (Å²) in [6.07, 6.45) is 2.91. The lowest BCUT2D eigenvalue weighted by Crippen LogP contribution is -2.57. The van der Waals surface area contributed by atoms with Crippen LogP contribution in [0.1, 0.15) is 37.6 Å². The molecule has 1 fully saturated rings. The standard InChI is InChI=1S/C16H28N4O2S2.HI/c1-12(2)8-14-18-9-13(23-14)10-19-15(17-5)20-6-7-24(21,22)16(3,4)11-20;/h9,12H,6-8,10-11H2,1-5H3,(H,17,19);1H. The van der Waals surface area contributed by atoms with E-state index in [0.717, 1.165) is 22.3 Å². The fourth-order valence-electron chi connectivity index (χ4n) is 2.70. The molecule has 25 heavy (non-hydrogen) atoms. The van der Waals surface area contributed by atoms with Gasteiger partial charge < -0.3 is 10.2 Å². The zero-order chi connectivity index (χ0) is 18.0. The fraction of sp³-hybridized carbons (Fsp3) is 0.750. The molecule has 0 saturated carbocycles. The SMILES string of the molecule is CN=C(NCc1cnc(CC(C)C)s1)N1CCS(=O)(=O)C(C)(C)C1.I. The highest BCUT2D eigenvalue weighted by atomic mass is 127. The molecule has 0 aliphatic carbocycles. The second kappa shape index (κ2) is 8.98. The molecule has 9 heteroatoms. The predicted molar refractivity (Wildman–Crippen MR) is 116 cm³/mol. The molecule has 1 saturated heterocycles. The first-order valence-corrected chi connectivity index (χ1v) is 10.7. The molecule has 1 N–H and O–H groups in total. The number of rotatable bonds is 4. The van der Waals surface area contributed by atoms with Gasteiger partial charge in [0.25, 0.3) is 0 Å². The third-order valence-electron chi connectivity index (χ3n) is 4.16. The molecule has 1 aromatic heterocycles. The molecule has 0 atom stereocenters. The lowest BCUT2D eigenvalue weighted by Gasteiger charge is -2.39. The topological polar surface area (TPSA) is 74.7 Å². The van der Waals surface area contributed by atoms with Gasteiger partial charge in [0.1, 0.15) is 0 Å². The highest BCUT2D eigenvalue weighted by Gasteiger charge is 2.40. The van der Waals surface area contributed by atoms with Crippen LogP contribution in [0.15, 0.2) is 11.2 Å². The molecule has 0 unspecified atom stereocenters. The summed E-state index contributed by atoms with van der Waals surface area (Å²) in [7, 11) is -1.31. The second-order valence-corrected chi connectivity index (χ2v) is 11.2. The van der Waals surface area contributed by atoms with Crippen molar-refractivity contribution < 1.29 is 8.42 Å². The monoisotopic (exact) mass is 500 g/mol. The summed E-state index contributed by atoms with van der Waals surface area (Å²) in [5.74, 6) is 1.51. The summed E-state index contributed by atoms with van der Waals surface area (Å²) in [5.41, 5.74) is 0. The number of nitrogens with one attached hydrogen (secondary N) is 1. The molecule has 2 rings (SSSR count). The molecule has 1 aromatic rings. The maximum atomic E-state index is 12.1. The van der Waals surface area contributed by atoms with Crippen LogP contribution >= 0.6 is 35.3 Å². The Morgan fingerprint density at radius 3 is 2.72 bits per heavy atom. The van der Waals surface area contributed by atoms with Gasteiger partial charge in [0, 0.05) is 37.6 Å². The van der Waals surface area contributed by atoms with E-state index in [2.05, 4.69) is 29.1 Å². The van der Waals surface area contributed by atoms with Gasteiger partial charge in [-0.05, 0) is 19.8 Å². The Bertz CT molecular complexity index is 699. The Kier molecular flexibility index (Phi) is 8.13. The van der Waals surface area contributed by atoms with Crippen LogP contribution in [0, 0.1) is 5.92 Å². The van der Waals surface area contributed by atoms with Gasteiger partial charge in [-0.15, -0.1) is 35.3 Å². The first-order chi connectivity index (χ1) is 11.1. The number of hydrogen-bond acceptors (Lipinski definition) is 5. The number of hydrogen-bond donors (Lipinski definition) is 1. The molecular formula is C16H29IN4O2S2. The average molecular weight is 500 g/mol. The van der Waals surface area contributed by atoms with Crippen molar-refractivity contribution in [2.45, 2.75) is 45.4 Å². The number of guanidine groups is 1. The highest BCUT2D eigenvalue weighted by molar-refractivity contribution is 14.0. The van der Waals surface area contributed by atoms with Gasteiger partial charge in [-0.2, -0.15) is 0 Å². The number of halogens is 1. The van der Waals surface area contributed by atoms with E-state index in [1.165, 1.54) is 0 Å². The van der Waals surface area contributed by atoms with Gasteiger partial charge in [-0.3, -0.25) is 4.99 Å². The van der Waals surface area contributed by atoms with E-state index in [1.54, 1.807) is 32.2 Å². The van der Waals surface area contributed by atoms with Crippen LogP contribution in [-0.4, -0.2) is 54.9 Å². The zero-order valence-corrected chi connectivity index (χ0v) is 19.5. The van der Waals surface area contributed by atoms with E-state index in [9.17, 15) is 8.42 Å². The fourth-order valence-corrected chi connectivity index (χ4v) is 5.14. The molecule has 0 radical (unpaired) electrons. The van der Waals surface area contributed by atoms with E-state index in [-0.39, 0.29) is 29.7 Å². The van der Waals surface area contributed by atoms with E-state index in [0.29, 0.717) is 25.6 Å². The summed E-state index contributed by atoms with van der Waals surface area (Å²) in [4.78, 5) is 12.0. The molecule has 0 amide bonds. The molecule has 1 aliphatic heterocycles. The maximum absolute atomic E-state index is 12.1. The van der Waals surface area contributed by atoms with Gasteiger partial charge in [-0.1, -0.05) is 13.8 Å². The lowest BCUT2D eigenvalue weighted by molar-refractivity contribution is 0.353. The number of thiazole rings is 1. The molecule has 1 aliphatic rings. The van der Waals surface area contributed by atoms with Gasteiger partial charge >= 0.3 is 0 Å². The van der Waals surface area contributed by atoms with Crippen molar-refractivity contribution in [3.63, 3.8) is 0 Å². The summed E-state index contributed by atoms with van der Waals surface area (Å²) < 4.78 is 23.5. The number of aliphatic imine (C=N–C) groups is 1. The lowest BCUT2D eigenvalue weighted by atomic mass is 10.1. The van der Waals surface area contributed by atoms with Crippen LogP contribution in [0.2, 0.25) is 0 Å². The molecule has 0 bridgehead atoms. The minimum atomic E-state index is -3.04. The van der Waals surface area contributed by atoms with Crippen LogP contribution in [-0.2, 0) is 22.8 Å². The Labute approximate surface area is 172 Å². The summed E-state index contributed by atoms with van der Waals surface area (Å²) in [6.45, 7) is 9.53. The zero-order valence-electron chi connectivity index (χ0n) is 15.6. The Balaban J connectivity index is 0.00000312. The smallest absolute Gasteiger partial charge is 0.194 e. The van der Waals surface area contributed by atoms with E-state index in [4.69, 9.17) is 0 Å². The van der Waals surface area contributed by atoms with Crippen LogP contribution in [0.5, 0.6) is 0 Å². The van der Waals surface area contributed by atoms with Crippen LogP contribution in [0.25, 0.3) is 0 Å². The van der Waals surface area contributed by atoms with E-state index >= 15 is 0 Å². The second-order valence-electron chi connectivity index (χ2n) is 7.22. The van der Waals surface area contributed by atoms with Gasteiger partial charge in [0.2, 0.25) is 0 Å². The Hall–Kier alpha value is -0.420.